The number of hydrogen-bond acceptors (Lipinski definition) is 4. The van der Waals surface area contributed by atoms with Gasteiger partial charge >= 0.3 is 0 Å². The molecule has 0 aromatic rings. The second-order valence-electron chi connectivity index (χ2n) is 2.35. The van der Waals surface area contributed by atoms with Crippen molar-refractivity contribution in [3.8, 4) is 12.1 Å². The third-order valence-electron chi connectivity index (χ3n) is 1.56. The maximum Gasteiger partial charge on any atom is 0.149 e. The molecule has 0 bridgehead atoms. The van der Waals surface area contributed by atoms with Gasteiger partial charge in [-0.3, -0.25) is 0 Å². The lowest BCUT2D eigenvalue weighted by Crippen LogP contribution is -1.95. The van der Waals surface area contributed by atoms with Crippen molar-refractivity contribution in [3.05, 3.63) is 9.81 Å². The minimum atomic E-state index is 0.279. The van der Waals surface area contributed by atoms with E-state index in [1.165, 1.54) is 0 Å². The highest BCUT2D eigenvalue weighted by Gasteiger charge is 2.22. The van der Waals surface area contributed by atoms with E-state index >= 15 is 0 Å². The summed E-state index contributed by atoms with van der Waals surface area (Å²) in [7, 11) is 0. The molecule has 0 radical (unpaired) electrons. The molecule has 0 amide bonds. The monoisotopic (exact) mass is 196 g/mol. The molecule has 1 atom stereocenters. The molecule has 2 nitrogen and oxygen atoms in total. The largest absolute Gasteiger partial charge is 0.192 e. The predicted molar refractivity (Wildman–Crippen MR) is 52.4 cm³/mol. The van der Waals surface area contributed by atoms with Gasteiger partial charge in [0.05, 0.1) is 4.24 Å². The number of thioether (sulfide) groups is 2. The van der Waals surface area contributed by atoms with E-state index in [-0.39, 0.29) is 5.57 Å². The van der Waals surface area contributed by atoms with Crippen LogP contribution in [0, 0.1) is 22.7 Å². The molecule has 4 heteroatoms. The zero-order chi connectivity index (χ0) is 8.97. The number of allylic oxidation sites excluding steroid dienone is 1. The molecule has 0 aromatic heterocycles. The van der Waals surface area contributed by atoms with Crippen LogP contribution < -0.4 is 0 Å². The van der Waals surface area contributed by atoms with Crippen molar-refractivity contribution < 1.29 is 0 Å². The van der Waals surface area contributed by atoms with E-state index in [1.807, 2.05) is 12.1 Å². The van der Waals surface area contributed by atoms with Gasteiger partial charge in [-0.25, -0.2) is 0 Å². The minimum Gasteiger partial charge on any atom is -0.192 e. The molecule has 1 aliphatic rings. The Morgan fingerprint density at radius 2 is 2.25 bits per heavy atom. The molecule has 1 saturated heterocycles. The van der Waals surface area contributed by atoms with Crippen LogP contribution in [0.3, 0.4) is 0 Å². The maximum atomic E-state index is 8.59. The van der Waals surface area contributed by atoms with Crippen molar-refractivity contribution in [2.45, 2.75) is 18.6 Å². The number of nitrogens with zero attached hydrogens (tertiary/aromatic N) is 2. The third-order valence-corrected chi connectivity index (χ3v) is 4.70. The van der Waals surface area contributed by atoms with Crippen molar-refractivity contribution in [2.75, 3.05) is 5.75 Å². The molecule has 0 spiro atoms. The van der Waals surface area contributed by atoms with E-state index < -0.39 is 0 Å². The summed E-state index contributed by atoms with van der Waals surface area (Å²) in [6.07, 6.45) is 1.10. The van der Waals surface area contributed by atoms with Crippen LogP contribution in [0.15, 0.2) is 9.81 Å². The Hall–Kier alpha value is -0.580. The van der Waals surface area contributed by atoms with Crippen LogP contribution in [0.1, 0.15) is 13.3 Å². The lowest BCUT2D eigenvalue weighted by Gasteiger charge is -1.99. The van der Waals surface area contributed by atoms with Gasteiger partial charge in [-0.05, 0) is 6.42 Å². The van der Waals surface area contributed by atoms with E-state index in [4.69, 9.17) is 10.5 Å². The van der Waals surface area contributed by atoms with Crippen molar-refractivity contribution in [3.63, 3.8) is 0 Å². The number of nitriles is 2. The zero-order valence-corrected chi connectivity index (χ0v) is 8.34. The second-order valence-corrected chi connectivity index (χ2v) is 4.94. The van der Waals surface area contributed by atoms with Crippen LogP contribution in [0.4, 0.5) is 0 Å². The molecule has 0 aromatic carbocycles. The fourth-order valence-corrected chi connectivity index (χ4v) is 3.68. The van der Waals surface area contributed by atoms with Crippen molar-refractivity contribution in [2.24, 2.45) is 0 Å². The summed E-state index contributed by atoms with van der Waals surface area (Å²) in [5.41, 5.74) is 0.279. The average Bonchev–Trinajstić information content (AvgIpc) is 2.55. The fourth-order valence-electron chi connectivity index (χ4n) is 0.837. The van der Waals surface area contributed by atoms with E-state index in [9.17, 15) is 0 Å². The molecule has 1 unspecified atom stereocenters. The van der Waals surface area contributed by atoms with Crippen LogP contribution in [-0.4, -0.2) is 11.0 Å². The Kier molecular flexibility index (Phi) is 3.52. The number of hydrogen-bond donors (Lipinski definition) is 0. The molecule has 1 fully saturated rings. The summed E-state index contributed by atoms with van der Waals surface area (Å²) in [6, 6.07) is 3.83. The zero-order valence-electron chi connectivity index (χ0n) is 6.70. The van der Waals surface area contributed by atoms with Gasteiger partial charge in [-0.15, -0.1) is 23.5 Å². The summed E-state index contributed by atoms with van der Waals surface area (Å²) < 4.78 is 0.909. The normalized spacial score (nSPS) is 21.6. The first kappa shape index (κ1) is 9.51. The first-order valence-corrected chi connectivity index (χ1v) is 5.52. The van der Waals surface area contributed by atoms with Crippen LogP contribution in [-0.2, 0) is 0 Å². The van der Waals surface area contributed by atoms with Gasteiger partial charge in [0.15, 0.2) is 0 Å². The van der Waals surface area contributed by atoms with Gasteiger partial charge in [-0.1, -0.05) is 6.92 Å². The van der Waals surface area contributed by atoms with Gasteiger partial charge in [0.25, 0.3) is 0 Å². The van der Waals surface area contributed by atoms with Crippen LogP contribution in [0.25, 0.3) is 0 Å². The van der Waals surface area contributed by atoms with E-state index in [1.54, 1.807) is 23.5 Å². The first-order chi connectivity index (χ1) is 5.81. The Morgan fingerprint density at radius 3 is 2.67 bits per heavy atom. The van der Waals surface area contributed by atoms with Gasteiger partial charge in [0.1, 0.15) is 17.7 Å². The molecule has 1 rings (SSSR count). The third kappa shape index (κ3) is 1.97. The van der Waals surface area contributed by atoms with E-state index in [0.717, 1.165) is 16.4 Å². The predicted octanol–water partition coefficient (Wildman–Crippen LogP) is 2.50. The van der Waals surface area contributed by atoms with Gasteiger partial charge in [-0.2, -0.15) is 10.5 Å². The lowest BCUT2D eigenvalue weighted by molar-refractivity contribution is 0.925. The van der Waals surface area contributed by atoms with Gasteiger partial charge < -0.3 is 0 Å². The van der Waals surface area contributed by atoms with Crippen molar-refractivity contribution >= 4 is 23.5 Å². The molecule has 0 aliphatic carbocycles. The highest BCUT2D eigenvalue weighted by molar-refractivity contribution is 8.25. The first-order valence-electron chi connectivity index (χ1n) is 3.65. The van der Waals surface area contributed by atoms with E-state index in [2.05, 4.69) is 6.92 Å². The summed E-state index contributed by atoms with van der Waals surface area (Å²) in [5.74, 6) is 1.03. The topological polar surface area (TPSA) is 47.6 Å². The Bertz CT molecular complexity index is 266. The molecule has 12 heavy (non-hydrogen) atoms. The van der Waals surface area contributed by atoms with Crippen LogP contribution >= 0.6 is 23.5 Å². The highest BCUT2D eigenvalue weighted by Crippen LogP contribution is 2.44. The Morgan fingerprint density at radius 1 is 1.58 bits per heavy atom. The number of rotatable bonds is 1. The molecule has 0 N–H and O–H groups in total. The lowest BCUT2D eigenvalue weighted by atomic mass is 10.4. The molecule has 1 aliphatic heterocycles. The summed E-state index contributed by atoms with van der Waals surface area (Å²) in [5, 5.41) is 17.8. The van der Waals surface area contributed by atoms with Crippen LogP contribution in [0.5, 0.6) is 0 Å². The highest BCUT2D eigenvalue weighted by atomic mass is 32.2. The molecule has 62 valence electrons. The maximum absolute atomic E-state index is 8.59. The Labute approximate surface area is 80.6 Å². The summed E-state index contributed by atoms with van der Waals surface area (Å²) >= 11 is 3.30. The molecule has 0 saturated carbocycles. The van der Waals surface area contributed by atoms with Gasteiger partial charge in [0.2, 0.25) is 0 Å². The van der Waals surface area contributed by atoms with E-state index in [0.29, 0.717) is 5.25 Å². The fraction of sp³-hybridized carbons (Fsp3) is 0.500. The van der Waals surface area contributed by atoms with Crippen molar-refractivity contribution in [1.29, 1.82) is 10.5 Å². The smallest absolute Gasteiger partial charge is 0.149 e. The van der Waals surface area contributed by atoms with Crippen molar-refractivity contribution in [1.82, 2.24) is 0 Å². The second kappa shape index (κ2) is 4.45. The van der Waals surface area contributed by atoms with Gasteiger partial charge in [0, 0.05) is 11.0 Å². The average molecular weight is 196 g/mol. The molecule has 1 heterocycles. The summed E-state index contributed by atoms with van der Waals surface area (Å²) in [4.78, 5) is 0. The standard InChI is InChI=1S/C8H8N2S2/c1-2-7-5-11-8(12-7)6(3-9)4-10/h7H,2,5H2,1H3. The minimum absolute atomic E-state index is 0.279. The quantitative estimate of drug-likeness (QED) is 0.604. The summed E-state index contributed by atoms with van der Waals surface area (Å²) in [6.45, 7) is 2.12. The SMILES string of the molecule is CCC1CSC(=C(C#N)C#N)S1. The molecular formula is C8H8N2S2. The molecular weight excluding hydrogens is 188 g/mol. The van der Waals surface area contributed by atoms with Crippen LogP contribution in [0.2, 0.25) is 0 Å². The Balaban J connectivity index is 2.75.